The van der Waals surface area contributed by atoms with Crippen LogP contribution in [-0.2, 0) is 7.05 Å². The Kier molecular flexibility index (Phi) is 2.80. The van der Waals surface area contributed by atoms with Crippen LogP contribution in [-0.4, -0.2) is 19.5 Å². The number of pyridine rings is 1. The van der Waals surface area contributed by atoms with Crippen molar-refractivity contribution in [2.75, 3.05) is 0 Å². The third-order valence-corrected chi connectivity index (χ3v) is 4.22. The largest absolute Gasteiger partial charge is 0.318 e. The first-order chi connectivity index (χ1) is 8.70. The topological polar surface area (TPSA) is 43.6 Å². The molecule has 0 N–H and O–H groups in total. The molecule has 0 saturated carbocycles. The van der Waals surface area contributed by atoms with Gasteiger partial charge in [0.25, 0.3) is 0 Å². The van der Waals surface area contributed by atoms with E-state index in [1.54, 1.807) is 12.4 Å². The minimum absolute atomic E-state index is 0.607. The van der Waals surface area contributed by atoms with E-state index in [0.717, 1.165) is 26.8 Å². The summed E-state index contributed by atoms with van der Waals surface area (Å²) in [6.45, 7) is 0. The zero-order chi connectivity index (χ0) is 12.7. The summed E-state index contributed by atoms with van der Waals surface area (Å²) < 4.78 is 2.63. The van der Waals surface area contributed by atoms with E-state index < -0.39 is 0 Å². The highest BCUT2D eigenvalue weighted by Gasteiger charge is 2.17. The minimum Gasteiger partial charge on any atom is -0.318 e. The van der Waals surface area contributed by atoms with Gasteiger partial charge < -0.3 is 4.57 Å². The van der Waals surface area contributed by atoms with Crippen molar-refractivity contribution in [3.05, 3.63) is 40.5 Å². The van der Waals surface area contributed by atoms with Gasteiger partial charge in [0.05, 0.1) is 15.6 Å². The van der Waals surface area contributed by atoms with Crippen molar-refractivity contribution >= 4 is 38.6 Å². The zero-order valence-electron chi connectivity index (χ0n) is 9.43. The van der Waals surface area contributed by atoms with Gasteiger partial charge in [0, 0.05) is 25.0 Å². The summed E-state index contributed by atoms with van der Waals surface area (Å²) >= 11 is 9.71. The number of rotatable bonds is 1. The van der Waals surface area contributed by atoms with Gasteiger partial charge in [-0.05, 0) is 28.1 Å². The summed E-state index contributed by atoms with van der Waals surface area (Å²) in [5.74, 6) is 0. The molecule has 0 aliphatic carbocycles. The molecule has 0 aliphatic heterocycles. The second-order valence-corrected chi connectivity index (χ2v) is 4.98. The molecule has 0 aliphatic rings. The third kappa shape index (κ3) is 1.62. The summed E-state index contributed by atoms with van der Waals surface area (Å²) in [5.41, 5.74) is 2.55. The number of halogens is 2. The van der Waals surface area contributed by atoms with E-state index in [0.29, 0.717) is 5.15 Å². The Labute approximate surface area is 117 Å². The van der Waals surface area contributed by atoms with Gasteiger partial charge in [-0.2, -0.15) is 0 Å². The van der Waals surface area contributed by atoms with Gasteiger partial charge in [-0.3, -0.25) is 4.98 Å². The van der Waals surface area contributed by atoms with Crippen LogP contribution < -0.4 is 0 Å². The molecular weight excluding hydrogens is 316 g/mol. The van der Waals surface area contributed by atoms with Crippen molar-refractivity contribution in [3.8, 4) is 11.3 Å². The fourth-order valence-electron chi connectivity index (χ4n) is 1.90. The van der Waals surface area contributed by atoms with Crippen LogP contribution in [0.5, 0.6) is 0 Å². The molecular formula is C12H8BrClN4. The van der Waals surface area contributed by atoms with Crippen LogP contribution >= 0.6 is 27.5 Å². The quantitative estimate of drug-likeness (QED) is 0.689. The lowest BCUT2D eigenvalue weighted by molar-refractivity contribution is 0.943. The smallest absolute Gasteiger partial charge is 0.146 e. The highest BCUT2D eigenvalue weighted by Crippen LogP contribution is 2.37. The number of aryl methyl sites for hydroxylation is 1. The Morgan fingerprint density at radius 1 is 1.33 bits per heavy atom. The Morgan fingerprint density at radius 2 is 2.17 bits per heavy atom. The van der Waals surface area contributed by atoms with Gasteiger partial charge in [0.1, 0.15) is 17.1 Å². The van der Waals surface area contributed by atoms with Gasteiger partial charge in [-0.1, -0.05) is 11.6 Å². The first kappa shape index (κ1) is 11.6. The molecule has 3 heterocycles. The van der Waals surface area contributed by atoms with E-state index in [4.69, 9.17) is 11.6 Å². The number of fused-ring (bicyclic) bond motifs is 1. The molecule has 3 rings (SSSR count). The average molecular weight is 324 g/mol. The fraction of sp³-hybridized carbons (Fsp3) is 0.0833. The predicted octanol–water partition coefficient (Wildman–Crippen LogP) is 3.45. The van der Waals surface area contributed by atoms with Crippen molar-refractivity contribution in [1.82, 2.24) is 19.5 Å². The Hall–Kier alpha value is -1.46. The lowest BCUT2D eigenvalue weighted by Gasteiger charge is -2.02. The van der Waals surface area contributed by atoms with Gasteiger partial charge in [0.15, 0.2) is 0 Å². The van der Waals surface area contributed by atoms with Crippen molar-refractivity contribution in [2.24, 2.45) is 7.05 Å². The molecule has 0 radical (unpaired) electrons. The number of nitrogens with zero attached hydrogens (tertiary/aromatic N) is 4. The molecule has 0 fully saturated rings. The molecule has 0 bridgehead atoms. The molecule has 3 aromatic heterocycles. The van der Waals surface area contributed by atoms with Crippen molar-refractivity contribution in [2.45, 2.75) is 0 Å². The Morgan fingerprint density at radius 3 is 2.89 bits per heavy atom. The van der Waals surface area contributed by atoms with Crippen LogP contribution in [0.25, 0.3) is 22.3 Å². The van der Waals surface area contributed by atoms with E-state index in [1.165, 1.54) is 6.33 Å². The molecule has 3 aromatic rings. The summed E-state index contributed by atoms with van der Waals surface area (Å²) in [7, 11) is 1.87. The molecule has 0 amide bonds. The van der Waals surface area contributed by atoms with Crippen molar-refractivity contribution in [1.29, 1.82) is 0 Å². The summed E-state index contributed by atoms with van der Waals surface area (Å²) in [5, 5.41) is 1.51. The molecule has 90 valence electrons. The molecule has 18 heavy (non-hydrogen) atoms. The van der Waals surface area contributed by atoms with Crippen LogP contribution in [0, 0.1) is 0 Å². The van der Waals surface area contributed by atoms with Gasteiger partial charge >= 0.3 is 0 Å². The lowest BCUT2D eigenvalue weighted by Crippen LogP contribution is -1.92. The highest BCUT2D eigenvalue weighted by molar-refractivity contribution is 9.10. The molecule has 0 unspecified atom stereocenters. The van der Waals surface area contributed by atoms with Crippen LogP contribution in [0.4, 0.5) is 0 Å². The van der Waals surface area contributed by atoms with Crippen LogP contribution in [0.1, 0.15) is 0 Å². The molecule has 0 spiro atoms. The number of aromatic nitrogens is 4. The SMILES string of the molecule is Cn1c(Cl)c(Br)c2c(-c3cccnc3)ncnc21. The first-order valence-electron chi connectivity index (χ1n) is 5.25. The Balaban J connectivity index is 2.41. The minimum atomic E-state index is 0.607. The second-order valence-electron chi connectivity index (χ2n) is 3.83. The van der Waals surface area contributed by atoms with Crippen LogP contribution in [0.3, 0.4) is 0 Å². The average Bonchev–Trinajstić information content (AvgIpc) is 2.65. The summed E-state index contributed by atoms with van der Waals surface area (Å²) in [6, 6.07) is 3.84. The van der Waals surface area contributed by atoms with Gasteiger partial charge in [-0.15, -0.1) is 0 Å². The standard InChI is InChI=1S/C12H8BrClN4/c1-18-11(14)9(13)8-10(16-6-17-12(8)18)7-3-2-4-15-5-7/h2-6H,1H3. The normalized spacial score (nSPS) is 11.1. The molecule has 0 aromatic carbocycles. The van der Waals surface area contributed by atoms with E-state index in [1.807, 2.05) is 23.7 Å². The van der Waals surface area contributed by atoms with E-state index >= 15 is 0 Å². The van der Waals surface area contributed by atoms with Crippen LogP contribution in [0.15, 0.2) is 35.3 Å². The van der Waals surface area contributed by atoms with Gasteiger partial charge in [0.2, 0.25) is 0 Å². The van der Waals surface area contributed by atoms with Crippen molar-refractivity contribution in [3.63, 3.8) is 0 Å². The van der Waals surface area contributed by atoms with E-state index in [2.05, 4.69) is 30.9 Å². The molecule has 6 heteroatoms. The number of hydrogen-bond acceptors (Lipinski definition) is 3. The van der Waals surface area contributed by atoms with E-state index in [-0.39, 0.29) is 0 Å². The molecule has 4 nitrogen and oxygen atoms in total. The maximum atomic E-state index is 6.21. The Bertz CT molecular complexity index is 724. The first-order valence-corrected chi connectivity index (χ1v) is 6.42. The molecule has 0 saturated heterocycles. The van der Waals surface area contributed by atoms with Gasteiger partial charge in [-0.25, -0.2) is 9.97 Å². The lowest BCUT2D eigenvalue weighted by atomic mass is 10.1. The fourth-order valence-corrected chi connectivity index (χ4v) is 2.70. The number of hydrogen-bond donors (Lipinski definition) is 0. The molecule has 0 atom stereocenters. The second kappa shape index (κ2) is 4.33. The highest BCUT2D eigenvalue weighted by atomic mass is 79.9. The zero-order valence-corrected chi connectivity index (χ0v) is 11.8. The summed E-state index contributed by atoms with van der Waals surface area (Å²) in [4.78, 5) is 12.7. The third-order valence-electron chi connectivity index (χ3n) is 2.78. The van der Waals surface area contributed by atoms with E-state index in [9.17, 15) is 0 Å². The maximum Gasteiger partial charge on any atom is 0.146 e. The monoisotopic (exact) mass is 322 g/mol. The van der Waals surface area contributed by atoms with Crippen LogP contribution in [0.2, 0.25) is 5.15 Å². The van der Waals surface area contributed by atoms with Crippen molar-refractivity contribution < 1.29 is 0 Å². The maximum absolute atomic E-state index is 6.21. The summed E-state index contributed by atoms with van der Waals surface area (Å²) in [6.07, 6.45) is 5.04. The predicted molar refractivity (Wildman–Crippen MR) is 74.5 cm³/mol.